The highest BCUT2D eigenvalue weighted by Crippen LogP contribution is 2.28. The van der Waals surface area contributed by atoms with Crippen LogP contribution in [0, 0.1) is 0 Å². The molecule has 2 rings (SSSR count). The van der Waals surface area contributed by atoms with E-state index in [1.165, 1.54) is 12.3 Å². The number of anilines is 1. The van der Waals surface area contributed by atoms with E-state index >= 15 is 0 Å². The fraction of sp³-hybridized carbons (Fsp3) is 0.143. The van der Waals surface area contributed by atoms with Gasteiger partial charge in [-0.3, -0.25) is 0 Å². The van der Waals surface area contributed by atoms with Gasteiger partial charge in [0.05, 0.1) is 12.2 Å². The molecule has 0 saturated carbocycles. The summed E-state index contributed by atoms with van der Waals surface area (Å²) in [5, 5.41) is 8.97. The second-order valence-electron chi connectivity index (χ2n) is 3.89. The Bertz CT molecular complexity index is 611. The van der Waals surface area contributed by atoms with Crippen LogP contribution in [0.25, 0.3) is 0 Å². The molecule has 1 aromatic heterocycles. The predicted octanol–water partition coefficient (Wildman–Crippen LogP) is 2.55. The summed E-state index contributed by atoms with van der Waals surface area (Å²) in [4.78, 5) is 14.9. The van der Waals surface area contributed by atoms with Crippen LogP contribution in [0.2, 0.25) is 0 Å². The van der Waals surface area contributed by atoms with Crippen molar-refractivity contribution in [2.45, 2.75) is 6.92 Å². The van der Waals surface area contributed by atoms with E-state index in [2.05, 4.69) is 4.98 Å². The minimum Gasteiger partial charge on any atom is -0.494 e. The molecule has 0 aliphatic rings. The van der Waals surface area contributed by atoms with Crippen molar-refractivity contribution >= 4 is 11.7 Å². The largest absolute Gasteiger partial charge is 0.494 e. The number of nitrogens with two attached hydrogens (primary N) is 1. The minimum absolute atomic E-state index is 0.00566. The number of nitrogen functional groups attached to an aromatic ring is 1. The lowest BCUT2D eigenvalue weighted by Gasteiger charge is -2.09. The highest BCUT2D eigenvalue weighted by Gasteiger charge is 2.13. The minimum atomic E-state index is -1.12. The maximum Gasteiger partial charge on any atom is 0.338 e. The zero-order chi connectivity index (χ0) is 14.5. The Kier molecular flexibility index (Phi) is 4.05. The van der Waals surface area contributed by atoms with Crippen molar-refractivity contribution in [2.24, 2.45) is 0 Å². The number of hydrogen-bond acceptors (Lipinski definition) is 5. The number of rotatable bonds is 5. The monoisotopic (exact) mass is 274 g/mol. The van der Waals surface area contributed by atoms with Crippen molar-refractivity contribution in [1.29, 1.82) is 0 Å². The maximum atomic E-state index is 11.0. The molecule has 0 saturated heterocycles. The number of nitrogens with zero attached hydrogens (tertiary/aromatic N) is 1. The average Bonchev–Trinajstić information content (AvgIpc) is 2.43. The number of pyridine rings is 1. The number of ether oxygens (including phenoxy) is 2. The molecule has 0 aliphatic heterocycles. The van der Waals surface area contributed by atoms with Crippen molar-refractivity contribution in [2.75, 3.05) is 12.3 Å². The van der Waals surface area contributed by atoms with Crippen LogP contribution in [-0.2, 0) is 0 Å². The molecule has 104 valence electrons. The van der Waals surface area contributed by atoms with E-state index in [0.717, 1.165) is 5.75 Å². The lowest BCUT2D eigenvalue weighted by molar-refractivity contribution is 0.0697. The molecule has 0 spiro atoms. The van der Waals surface area contributed by atoms with Gasteiger partial charge in [0.1, 0.15) is 17.2 Å². The topological polar surface area (TPSA) is 94.7 Å². The summed E-state index contributed by atoms with van der Waals surface area (Å²) < 4.78 is 10.8. The van der Waals surface area contributed by atoms with Crippen LogP contribution in [-0.4, -0.2) is 22.7 Å². The summed E-state index contributed by atoms with van der Waals surface area (Å²) in [5.41, 5.74) is 5.67. The highest BCUT2D eigenvalue weighted by atomic mass is 16.5. The Balaban J connectivity index is 2.21. The van der Waals surface area contributed by atoms with Gasteiger partial charge in [-0.15, -0.1) is 0 Å². The lowest BCUT2D eigenvalue weighted by atomic mass is 10.2. The number of carboxylic acid groups (broad SMARTS) is 1. The number of carboxylic acids is 1. The van der Waals surface area contributed by atoms with Crippen LogP contribution in [0.15, 0.2) is 36.5 Å². The highest BCUT2D eigenvalue weighted by molar-refractivity contribution is 5.94. The molecule has 0 unspecified atom stereocenters. The van der Waals surface area contributed by atoms with E-state index < -0.39 is 5.97 Å². The van der Waals surface area contributed by atoms with Gasteiger partial charge in [-0.2, -0.15) is 0 Å². The van der Waals surface area contributed by atoms with Gasteiger partial charge in [-0.1, -0.05) is 0 Å². The molecule has 1 heterocycles. The summed E-state index contributed by atoms with van der Waals surface area (Å²) in [6.07, 6.45) is 1.34. The molecule has 6 heteroatoms. The van der Waals surface area contributed by atoms with Crippen LogP contribution >= 0.6 is 0 Å². The molecule has 0 atom stereocenters. The SMILES string of the molecule is CCOc1ccc(Oc2nccc(C(=O)O)c2N)cc1. The Morgan fingerprint density at radius 2 is 1.90 bits per heavy atom. The first-order valence-electron chi connectivity index (χ1n) is 6.00. The van der Waals surface area contributed by atoms with Crippen LogP contribution in [0.5, 0.6) is 17.4 Å². The van der Waals surface area contributed by atoms with E-state index in [9.17, 15) is 4.79 Å². The molecule has 3 N–H and O–H groups in total. The Morgan fingerprint density at radius 1 is 1.25 bits per heavy atom. The molecule has 1 aromatic carbocycles. The van der Waals surface area contributed by atoms with Gasteiger partial charge in [0.15, 0.2) is 0 Å². The van der Waals surface area contributed by atoms with Crippen molar-refractivity contribution in [3.63, 3.8) is 0 Å². The quantitative estimate of drug-likeness (QED) is 0.870. The van der Waals surface area contributed by atoms with Gasteiger partial charge >= 0.3 is 5.97 Å². The third kappa shape index (κ3) is 2.97. The normalized spacial score (nSPS) is 10.1. The molecule has 0 aliphatic carbocycles. The Hall–Kier alpha value is -2.76. The average molecular weight is 274 g/mol. The van der Waals surface area contributed by atoms with Crippen LogP contribution in [0.1, 0.15) is 17.3 Å². The summed E-state index contributed by atoms with van der Waals surface area (Å²) in [7, 11) is 0. The van der Waals surface area contributed by atoms with Gasteiger partial charge in [0, 0.05) is 6.20 Å². The smallest absolute Gasteiger partial charge is 0.338 e. The van der Waals surface area contributed by atoms with Gasteiger partial charge in [-0.25, -0.2) is 9.78 Å². The van der Waals surface area contributed by atoms with Crippen LogP contribution < -0.4 is 15.2 Å². The molecule has 0 bridgehead atoms. The summed E-state index contributed by atoms with van der Waals surface area (Å²) in [6.45, 7) is 2.47. The lowest BCUT2D eigenvalue weighted by Crippen LogP contribution is -2.05. The summed E-state index contributed by atoms with van der Waals surface area (Å²) >= 11 is 0. The molecule has 0 fully saturated rings. The number of hydrogen-bond donors (Lipinski definition) is 2. The molecule has 20 heavy (non-hydrogen) atoms. The standard InChI is InChI=1S/C14H14N2O4/c1-2-19-9-3-5-10(6-4-9)20-13-12(15)11(14(17)18)7-8-16-13/h3-8H,2,15H2,1H3,(H,17,18). The first-order chi connectivity index (χ1) is 9.61. The Labute approximate surface area is 115 Å². The van der Waals surface area contributed by atoms with E-state index in [4.69, 9.17) is 20.3 Å². The van der Waals surface area contributed by atoms with Gasteiger partial charge in [0.25, 0.3) is 0 Å². The summed E-state index contributed by atoms with van der Waals surface area (Å²) in [6, 6.07) is 8.20. The second kappa shape index (κ2) is 5.92. The Morgan fingerprint density at radius 3 is 2.50 bits per heavy atom. The number of aromatic carboxylic acids is 1. The number of aromatic nitrogens is 1. The molecular weight excluding hydrogens is 260 g/mol. The van der Waals surface area contributed by atoms with E-state index in [-0.39, 0.29) is 17.1 Å². The van der Waals surface area contributed by atoms with Gasteiger partial charge in [-0.05, 0) is 37.3 Å². The van der Waals surface area contributed by atoms with Crippen molar-refractivity contribution < 1.29 is 19.4 Å². The third-order valence-corrected chi connectivity index (χ3v) is 2.53. The number of benzene rings is 1. The fourth-order valence-corrected chi connectivity index (χ4v) is 1.60. The first-order valence-corrected chi connectivity index (χ1v) is 6.00. The van der Waals surface area contributed by atoms with E-state index in [1.807, 2.05) is 6.92 Å². The predicted molar refractivity (Wildman–Crippen MR) is 73.3 cm³/mol. The van der Waals surface area contributed by atoms with Gasteiger partial charge in [0.2, 0.25) is 5.88 Å². The molecule has 0 radical (unpaired) electrons. The van der Waals surface area contributed by atoms with Crippen LogP contribution in [0.3, 0.4) is 0 Å². The first kappa shape index (κ1) is 13.7. The number of carbonyl (C=O) groups is 1. The second-order valence-corrected chi connectivity index (χ2v) is 3.89. The van der Waals surface area contributed by atoms with E-state index in [1.54, 1.807) is 24.3 Å². The third-order valence-electron chi connectivity index (χ3n) is 2.53. The van der Waals surface area contributed by atoms with Crippen molar-refractivity contribution in [1.82, 2.24) is 4.98 Å². The van der Waals surface area contributed by atoms with Crippen LogP contribution in [0.4, 0.5) is 5.69 Å². The van der Waals surface area contributed by atoms with Gasteiger partial charge < -0.3 is 20.3 Å². The maximum absolute atomic E-state index is 11.0. The fourth-order valence-electron chi connectivity index (χ4n) is 1.60. The van der Waals surface area contributed by atoms with Crippen molar-refractivity contribution in [3.8, 4) is 17.4 Å². The molecule has 2 aromatic rings. The molecule has 0 amide bonds. The van der Waals surface area contributed by atoms with E-state index in [0.29, 0.717) is 12.4 Å². The zero-order valence-corrected chi connectivity index (χ0v) is 10.9. The summed E-state index contributed by atoms with van der Waals surface area (Å²) in [5.74, 6) is 0.158. The molecule has 6 nitrogen and oxygen atoms in total. The molecular formula is C14H14N2O4. The zero-order valence-electron chi connectivity index (χ0n) is 10.9. The van der Waals surface area contributed by atoms with Crippen molar-refractivity contribution in [3.05, 3.63) is 42.1 Å².